The Morgan fingerprint density at radius 1 is 0.791 bits per heavy atom. The Bertz CT molecular complexity index is 1310. The Morgan fingerprint density at radius 2 is 1.58 bits per heavy atom. The van der Waals surface area contributed by atoms with Gasteiger partial charge in [0.25, 0.3) is 0 Å². The number of aryl methyl sites for hydroxylation is 1. The lowest BCUT2D eigenvalue weighted by atomic mass is 9.45. The molecule has 6 saturated carbocycles. The maximum Gasteiger partial charge on any atom is 0.167 e. The van der Waals surface area contributed by atoms with Gasteiger partial charge in [-0.15, -0.1) is 0 Å². The van der Waals surface area contributed by atoms with Crippen LogP contribution < -0.4 is 4.74 Å². The van der Waals surface area contributed by atoms with Crippen molar-refractivity contribution in [3.05, 3.63) is 23.3 Å². The number of aromatic hydroxyl groups is 1. The lowest BCUT2D eigenvalue weighted by molar-refractivity contribution is -0.143. The Hall–Kier alpha value is -1.63. The minimum Gasteiger partial charge on any atom is -0.508 e. The van der Waals surface area contributed by atoms with Crippen molar-refractivity contribution in [1.29, 1.82) is 0 Å². The van der Waals surface area contributed by atoms with Crippen molar-refractivity contribution in [2.75, 3.05) is 0 Å². The fraction of sp³-hybridized carbons (Fsp3) is 0.811. The van der Waals surface area contributed by atoms with Gasteiger partial charge in [0, 0.05) is 17.0 Å². The van der Waals surface area contributed by atoms with Crippen LogP contribution in [-0.4, -0.2) is 50.6 Å². The molecule has 1 aromatic rings. The number of phenols is 1. The van der Waals surface area contributed by atoms with Crippen LogP contribution in [0.2, 0.25) is 0 Å². The summed E-state index contributed by atoms with van der Waals surface area (Å²) in [5, 5.41) is 42.8. The fourth-order valence-corrected chi connectivity index (χ4v) is 13.0. The molecule has 0 heterocycles. The second kappa shape index (κ2) is 9.69. The highest BCUT2D eigenvalue weighted by molar-refractivity contribution is 5.91. The van der Waals surface area contributed by atoms with E-state index in [0.717, 1.165) is 70.0 Å². The average Bonchev–Trinajstić information content (AvgIpc) is 3.35. The molecule has 7 aliphatic rings. The van der Waals surface area contributed by atoms with Crippen LogP contribution in [-0.2, 0) is 11.2 Å². The summed E-state index contributed by atoms with van der Waals surface area (Å²) in [5.74, 6) is 4.42. The van der Waals surface area contributed by atoms with E-state index < -0.39 is 18.3 Å². The summed E-state index contributed by atoms with van der Waals surface area (Å²) in [6.07, 6.45) is 10.8. The second-order valence-corrected chi connectivity index (χ2v) is 17.0. The third-order valence-corrected chi connectivity index (χ3v) is 15.4. The summed E-state index contributed by atoms with van der Waals surface area (Å²) in [7, 11) is 0. The summed E-state index contributed by atoms with van der Waals surface area (Å²) in [6, 6.07) is 3.81. The number of hydrogen-bond acceptors (Lipinski definition) is 6. The van der Waals surface area contributed by atoms with E-state index in [-0.39, 0.29) is 28.1 Å². The molecule has 236 valence electrons. The van der Waals surface area contributed by atoms with Crippen molar-refractivity contribution in [2.45, 2.75) is 135 Å². The van der Waals surface area contributed by atoms with Gasteiger partial charge in [-0.25, -0.2) is 0 Å². The van der Waals surface area contributed by atoms with Gasteiger partial charge in [-0.05, 0) is 147 Å². The third-order valence-electron chi connectivity index (χ3n) is 15.4. The molecule has 1 aromatic carbocycles. The lowest BCUT2D eigenvalue weighted by Gasteiger charge is -2.60. The number of hydrogen-bond donors (Lipinski definition) is 4. The summed E-state index contributed by atoms with van der Waals surface area (Å²) in [5.41, 5.74) is 2.21. The minimum absolute atomic E-state index is 0.0971. The zero-order valence-corrected chi connectivity index (χ0v) is 26.3. The van der Waals surface area contributed by atoms with E-state index in [1.165, 1.54) is 17.5 Å². The number of ketones is 1. The molecule has 0 bridgehead atoms. The van der Waals surface area contributed by atoms with Crippen LogP contribution in [0.1, 0.15) is 115 Å². The van der Waals surface area contributed by atoms with Crippen molar-refractivity contribution in [2.24, 2.45) is 51.8 Å². The smallest absolute Gasteiger partial charge is 0.167 e. The van der Waals surface area contributed by atoms with Gasteiger partial charge >= 0.3 is 0 Å². The maximum atomic E-state index is 12.9. The summed E-state index contributed by atoms with van der Waals surface area (Å²) in [6.45, 7) is 6.84. The molecule has 4 N–H and O–H groups in total. The minimum atomic E-state index is -0.766. The number of carbonyl (C=O) groups excluding carboxylic acids is 1. The van der Waals surface area contributed by atoms with E-state index in [1.54, 1.807) is 0 Å². The fourth-order valence-electron chi connectivity index (χ4n) is 13.0. The first-order chi connectivity index (χ1) is 20.4. The SMILES string of the molecule is C[C@]12CC[C@@H]3c4c(cc(O)cc4O[C@H]4CC[C@@]5(C)C(CC[C@@H]6[C@@H]5CC[C@]5(C)C(=O)C(O)C[C@@H]65)C4)CC[C@H]3[C@@H]1C[C@@H](O)[C@@H]2O. The maximum absolute atomic E-state index is 12.9. The summed E-state index contributed by atoms with van der Waals surface area (Å²) < 4.78 is 6.97. The van der Waals surface area contributed by atoms with E-state index >= 15 is 0 Å². The molecule has 0 aromatic heterocycles. The number of ether oxygens (including phenoxy) is 1. The largest absolute Gasteiger partial charge is 0.508 e. The van der Waals surface area contributed by atoms with E-state index in [2.05, 4.69) is 20.8 Å². The Morgan fingerprint density at radius 3 is 2.40 bits per heavy atom. The number of phenolic OH excluding ortho intramolecular Hbond substituents is 1. The number of carbonyl (C=O) groups is 1. The molecule has 0 saturated heterocycles. The predicted octanol–water partition coefficient (Wildman–Crippen LogP) is 5.91. The zero-order valence-electron chi connectivity index (χ0n) is 26.3. The molecule has 0 radical (unpaired) electrons. The molecule has 2 unspecified atom stereocenters. The Labute approximate surface area is 256 Å². The molecule has 0 aliphatic heterocycles. The van der Waals surface area contributed by atoms with Crippen LogP contribution in [0.4, 0.5) is 0 Å². The van der Waals surface area contributed by atoms with Gasteiger partial charge in [-0.1, -0.05) is 20.8 Å². The first-order valence-electron chi connectivity index (χ1n) is 17.5. The molecule has 6 heteroatoms. The van der Waals surface area contributed by atoms with Gasteiger partial charge in [-0.3, -0.25) is 4.79 Å². The van der Waals surface area contributed by atoms with Gasteiger partial charge in [0.2, 0.25) is 0 Å². The number of rotatable bonds is 2. The molecular weight excluding hydrogens is 540 g/mol. The highest BCUT2D eigenvalue weighted by Crippen LogP contribution is 2.66. The number of Topliss-reactive ketones (excluding diaryl/α,β-unsaturated/α-hetero) is 1. The summed E-state index contributed by atoms with van der Waals surface area (Å²) >= 11 is 0. The normalized spacial score (nSPS) is 51.9. The first-order valence-corrected chi connectivity index (χ1v) is 17.5. The van der Waals surface area contributed by atoms with Crippen molar-refractivity contribution in [3.63, 3.8) is 0 Å². The molecule has 14 atom stereocenters. The number of aliphatic hydroxyl groups excluding tert-OH is 3. The number of fused-ring (bicyclic) bond motifs is 10. The molecule has 6 nitrogen and oxygen atoms in total. The summed E-state index contributed by atoms with van der Waals surface area (Å²) in [4.78, 5) is 12.9. The van der Waals surface area contributed by atoms with Crippen molar-refractivity contribution < 1.29 is 30.0 Å². The van der Waals surface area contributed by atoms with Gasteiger partial charge in [0.05, 0.1) is 18.3 Å². The standard InChI is InChI=1S/C37H52O6/c1-35-11-8-22(15-20(35)5-7-25-26(35)10-13-37(3)28(25)18-30(40)34(37)42)43-31-16-21(38)14-19-4-6-23-24(32(19)31)9-12-36(2)27(23)17-29(39)33(36)41/h14,16,20,22-30,33,38-41H,4-13,15,17-18H2,1-3H3/t20?,22-,23+,24-,25+,26-,27-,28-,29+,30?,33-,35-,36-,37-/m0/s1. The monoisotopic (exact) mass is 592 g/mol. The van der Waals surface area contributed by atoms with Crippen LogP contribution in [0.3, 0.4) is 0 Å². The Balaban J connectivity index is 1.02. The number of aliphatic hydroxyl groups is 3. The van der Waals surface area contributed by atoms with Crippen molar-refractivity contribution >= 4 is 5.78 Å². The Kier molecular flexibility index (Phi) is 6.49. The topological polar surface area (TPSA) is 107 Å². The number of benzene rings is 1. The van der Waals surface area contributed by atoms with E-state index in [0.29, 0.717) is 60.0 Å². The average molecular weight is 593 g/mol. The molecule has 6 fully saturated rings. The third kappa shape index (κ3) is 3.97. The predicted molar refractivity (Wildman–Crippen MR) is 163 cm³/mol. The van der Waals surface area contributed by atoms with Crippen LogP contribution in [0, 0.1) is 51.8 Å². The molecular formula is C37H52O6. The quantitative estimate of drug-likeness (QED) is 0.340. The van der Waals surface area contributed by atoms with Crippen molar-refractivity contribution in [3.8, 4) is 11.5 Å². The zero-order chi connectivity index (χ0) is 30.1. The molecule has 0 amide bonds. The van der Waals surface area contributed by atoms with Gasteiger partial charge < -0.3 is 25.2 Å². The van der Waals surface area contributed by atoms with Crippen LogP contribution in [0.25, 0.3) is 0 Å². The molecule has 7 aliphatic carbocycles. The van der Waals surface area contributed by atoms with E-state index in [1.807, 2.05) is 12.1 Å². The lowest BCUT2D eigenvalue weighted by Crippen LogP contribution is -2.54. The van der Waals surface area contributed by atoms with E-state index in [9.17, 15) is 25.2 Å². The molecule has 43 heavy (non-hydrogen) atoms. The highest BCUT2D eigenvalue weighted by atomic mass is 16.5. The van der Waals surface area contributed by atoms with Gasteiger partial charge in [0.1, 0.15) is 17.6 Å². The van der Waals surface area contributed by atoms with Crippen molar-refractivity contribution in [1.82, 2.24) is 0 Å². The van der Waals surface area contributed by atoms with Crippen LogP contribution in [0.5, 0.6) is 11.5 Å². The second-order valence-electron chi connectivity index (χ2n) is 17.0. The molecule has 0 spiro atoms. The molecule has 8 rings (SSSR count). The van der Waals surface area contributed by atoms with Crippen LogP contribution >= 0.6 is 0 Å². The van der Waals surface area contributed by atoms with Gasteiger partial charge in [0.15, 0.2) is 5.78 Å². The van der Waals surface area contributed by atoms with Crippen LogP contribution in [0.15, 0.2) is 12.1 Å². The van der Waals surface area contributed by atoms with Gasteiger partial charge in [-0.2, -0.15) is 0 Å². The van der Waals surface area contributed by atoms with E-state index in [4.69, 9.17) is 4.74 Å². The highest BCUT2D eigenvalue weighted by Gasteiger charge is 2.63. The first kappa shape index (κ1) is 28.8.